The summed E-state index contributed by atoms with van der Waals surface area (Å²) in [6.07, 6.45) is 9.76. The quantitative estimate of drug-likeness (QED) is 0.746. The molecule has 0 saturated heterocycles. The molecule has 92 valence electrons. The Hall–Kier alpha value is -0.570. The first-order valence-electron chi connectivity index (χ1n) is 6.59. The second-order valence-electron chi connectivity index (χ2n) is 5.34. The predicted molar refractivity (Wildman–Crippen MR) is 63.2 cm³/mol. The zero-order valence-electron chi connectivity index (χ0n) is 10.3. The van der Waals surface area contributed by atoms with E-state index in [1.165, 1.54) is 45.6 Å². The molecule has 0 spiro atoms. The van der Waals surface area contributed by atoms with E-state index in [1.807, 2.05) is 0 Å². The largest absolute Gasteiger partial charge is 0.469 e. The summed E-state index contributed by atoms with van der Waals surface area (Å²) in [6.45, 7) is 0.824. The molecular weight excluding hydrogens is 202 g/mol. The Labute approximate surface area is 97.9 Å². The topological polar surface area (TPSA) is 38.3 Å². The number of rotatable bonds is 4. The molecule has 0 amide bonds. The van der Waals surface area contributed by atoms with Gasteiger partial charge in [0, 0.05) is 12.6 Å². The molecule has 2 saturated carbocycles. The Balaban J connectivity index is 1.80. The van der Waals surface area contributed by atoms with Crippen molar-refractivity contribution in [2.45, 2.75) is 57.4 Å². The fourth-order valence-corrected chi connectivity index (χ4v) is 2.92. The number of carbonyl (C=O) groups excluding carboxylic acids is 1. The minimum Gasteiger partial charge on any atom is -0.469 e. The minimum atomic E-state index is -0.188. The Kier molecular flexibility index (Phi) is 3.85. The minimum absolute atomic E-state index is 0.0120. The van der Waals surface area contributed by atoms with Crippen LogP contribution < -0.4 is 5.32 Å². The van der Waals surface area contributed by atoms with Crippen LogP contribution in [0, 0.1) is 5.41 Å². The average Bonchev–Trinajstić information content (AvgIpc) is 2.28. The molecule has 0 aromatic rings. The molecule has 16 heavy (non-hydrogen) atoms. The lowest BCUT2D eigenvalue weighted by molar-refractivity contribution is -0.158. The number of carbonyl (C=O) groups is 1. The Morgan fingerprint density at radius 1 is 1.25 bits per heavy atom. The van der Waals surface area contributed by atoms with Crippen LogP contribution in [-0.2, 0) is 9.53 Å². The molecule has 2 fully saturated rings. The van der Waals surface area contributed by atoms with Gasteiger partial charge in [0.05, 0.1) is 12.5 Å². The van der Waals surface area contributed by atoms with E-state index in [0.717, 1.165) is 19.4 Å². The van der Waals surface area contributed by atoms with E-state index in [0.29, 0.717) is 6.04 Å². The summed E-state index contributed by atoms with van der Waals surface area (Å²) in [5, 5.41) is 3.58. The summed E-state index contributed by atoms with van der Waals surface area (Å²) in [7, 11) is 1.50. The lowest BCUT2D eigenvalue weighted by atomic mass is 9.68. The number of esters is 1. The third-order valence-electron chi connectivity index (χ3n) is 4.26. The van der Waals surface area contributed by atoms with Crippen LogP contribution in [0.5, 0.6) is 0 Å². The van der Waals surface area contributed by atoms with E-state index in [9.17, 15) is 4.79 Å². The van der Waals surface area contributed by atoms with E-state index >= 15 is 0 Å². The zero-order chi connectivity index (χ0) is 11.4. The van der Waals surface area contributed by atoms with Crippen LogP contribution in [0.2, 0.25) is 0 Å². The van der Waals surface area contributed by atoms with Crippen molar-refractivity contribution in [1.29, 1.82) is 0 Å². The van der Waals surface area contributed by atoms with E-state index in [-0.39, 0.29) is 11.4 Å². The molecule has 0 aliphatic heterocycles. The van der Waals surface area contributed by atoms with E-state index in [2.05, 4.69) is 5.32 Å². The second-order valence-corrected chi connectivity index (χ2v) is 5.34. The first-order chi connectivity index (χ1) is 7.77. The lowest BCUT2D eigenvalue weighted by Crippen LogP contribution is -2.49. The van der Waals surface area contributed by atoms with Crippen molar-refractivity contribution in [3.63, 3.8) is 0 Å². The van der Waals surface area contributed by atoms with Crippen LogP contribution in [0.25, 0.3) is 0 Å². The van der Waals surface area contributed by atoms with E-state index in [4.69, 9.17) is 4.74 Å². The maximum Gasteiger partial charge on any atom is 0.313 e. The van der Waals surface area contributed by atoms with Crippen LogP contribution in [-0.4, -0.2) is 25.7 Å². The van der Waals surface area contributed by atoms with Gasteiger partial charge in [0.15, 0.2) is 0 Å². The molecule has 1 N–H and O–H groups in total. The predicted octanol–water partition coefficient (Wildman–Crippen LogP) is 2.25. The van der Waals surface area contributed by atoms with Crippen LogP contribution in [0.1, 0.15) is 51.4 Å². The van der Waals surface area contributed by atoms with Gasteiger partial charge in [-0.1, -0.05) is 25.7 Å². The molecule has 2 aliphatic rings. The number of nitrogens with one attached hydrogen (secondary N) is 1. The van der Waals surface area contributed by atoms with Gasteiger partial charge < -0.3 is 10.1 Å². The van der Waals surface area contributed by atoms with Gasteiger partial charge in [0.25, 0.3) is 0 Å². The molecule has 0 heterocycles. The van der Waals surface area contributed by atoms with Gasteiger partial charge in [-0.05, 0) is 25.7 Å². The smallest absolute Gasteiger partial charge is 0.313 e. The van der Waals surface area contributed by atoms with Crippen molar-refractivity contribution < 1.29 is 9.53 Å². The van der Waals surface area contributed by atoms with Gasteiger partial charge in [-0.15, -0.1) is 0 Å². The fraction of sp³-hybridized carbons (Fsp3) is 0.923. The average molecular weight is 225 g/mol. The van der Waals surface area contributed by atoms with E-state index in [1.54, 1.807) is 0 Å². The number of hydrogen-bond acceptors (Lipinski definition) is 3. The van der Waals surface area contributed by atoms with Crippen molar-refractivity contribution in [2.75, 3.05) is 13.7 Å². The molecular formula is C13H23NO2. The summed E-state index contributed by atoms with van der Waals surface area (Å²) >= 11 is 0. The molecule has 2 rings (SSSR count). The molecule has 3 nitrogen and oxygen atoms in total. The number of hydrogen-bond donors (Lipinski definition) is 1. The SMILES string of the molecule is COC(=O)C1(CNC2CCCCC2)CCC1. The molecule has 0 aromatic heterocycles. The maximum absolute atomic E-state index is 11.7. The van der Waals surface area contributed by atoms with Gasteiger partial charge in [0.1, 0.15) is 0 Å². The number of methoxy groups -OCH3 is 1. The normalized spacial score (nSPS) is 24.8. The highest BCUT2D eigenvalue weighted by Crippen LogP contribution is 2.41. The molecule has 0 bridgehead atoms. The summed E-state index contributed by atoms with van der Waals surface area (Å²) in [5.74, 6) is -0.0120. The van der Waals surface area contributed by atoms with Crippen molar-refractivity contribution in [1.82, 2.24) is 5.32 Å². The summed E-state index contributed by atoms with van der Waals surface area (Å²) in [6, 6.07) is 0.635. The van der Waals surface area contributed by atoms with Crippen LogP contribution >= 0.6 is 0 Å². The Bertz CT molecular complexity index is 242. The highest BCUT2D eigenvalue weighted by atomic mass is 16.5. The summed E-state index contributed by atoms with van der Waals surface area (Å²) in [5.41, 5.74) is -0.188. The molecule has 0 unspecified atom stereocenters. The highest BCUT2D eigenvalue weighted by Gasteiger charge is 2.45. The molecule has 2 aliphatic carbocycles. The monoisotopic (exact) mass is 225 g/mol. The Morgan fingerprint density at radius 2 is 1.94 bits per heavy atom. The maximum atomic E-state index is 11.7. The van der Waals surface area contributed by atoms with Crippen molar-refractivity contribution in [3.8, 4) is 0 Å². The standard InChI is InChI=1S/C13H23NO2/c1-16-12(15)13(8-5-9-13)10-14-11-6-3-2-4-7-11/h11,14H,2-10H2,1H3. The molecule has 3 heteroatoms. The first kappa shape index (κ1) is 11.9. The zero-order valence-corrected chi connectivity index (χ0v) is 10.3. The third kappa shape index (κ3) is 2.40. The van der Waals surface area contributed by atoms with Crippen molar-refractivity contribution >= 4 is 5.97 Å². The van der Waals surface area contributed by atoms with Gasteiger partial charge in [0.2, 0.25) is 0 Å². The third-order valence-corrected chi connectivity index (χ3v) is 4.26. The summed E-state index contributed by atoms with van der Waals surface area (Å²) in [4.78, 5) is 11.7. The van der Waals surface area contributed by atoms with Crippen LogP contribution in [0.4, 0.5) is 0 Å². The summed E-state index contributed by atoms with van der Waals surface area (Å²) < 4.78 is 4.92. The molecule has 0 aromatic carbocycles. The van der Waals surface area contributed by atoms with Gasteiger partial charge in [-0.25, -0.2) is 0 Å². The fourth-order valence-electron chi connectivity index (χ4n) is 2.92. The highest BCUT2D eigenvalue weighted by molar-refractivity contribution is 5.78. The van der Waals surface area contributed by atoms with Gasteiger partial charge in [-0.2, -0.15) is 0 Å². The van der Waals surface area contributed by atoms with Crippen molar-refractivity contribution in [2.24, 2.45) is 5.41 Å². The van der Waals surface area contributed by atoms with Gasteiger partial charge >= 0.3 is 5.97 Å². The number of ether oxygens (including phenoxy) is 1. The second kappa shape index (κ2) is 5.17. The van der Waals surface area contributed by atoms with Crippen LogP contribution in [0.3, 0.4) is 0 Å². The Morgan fingerprint density at radius 3 is 2.44 bits per heavy atom. The molecule has 0 radical (unpaired) electrons. The van der Waals surface area contributed by atoms with Crippen LogP contribution in [0.15, 0.2) is 0 Å². The van der Waals surface area contributed by atoms with Crippen molar-refractivity contribution in [3.05, 3.63) is 0 Å². The molecule has 0 atom stereocenters. The van der Waals surface area contributed by atoms with Gasteiger partial charge in [-0.3, -0.25) is 4.79 Å². The lowest BCUT2D eigenvalue weighted by Gasteiger charge is -2.40. The van der Waals surface area contributed by atoms with E-state index < -0.39 is 0 Å². The first-order valence-corrected chi connectivity index (χ1v) is 6.59.